The van der Waals surface area contributed by atoms with Crippen LogP contribution in [0.25, 0.3) is 16.8 Å². The number of nitrogens with one attached hydrogen (secondary N) is 2. The van der Waals surface area contributed by atoms with Gasteiger partial charge in [0.05, 0.1) is 40.7 Å². The van der Waals surface area contributed by atoms with Crippen LogP contribution >= 0.6 is 11.8 Å². The van der Waals surface area contributed by atoms with E-state index in [9.17, 15) is 44.3 Å². The van der Waals surface area contributed by atoms with E-state index in [-0.39, 0.29) is 55.2 Å². The second-order valence-electron chi connectivity index (χ2n) is 14.3. The van der Waals surface area contributed by atoms with Gasteiger partial charge in [-0.2, -0.15) is 31.4 Å². The number of aromatic nitrogens is 3. The minimum absolute atomic E-state index is 0.0233. The topological polar surface area (TPSA) is 139 Å². The van der Waals surface area contributed by atoms with Crippen LogP contribution in [0, 0.1) is 0 Å². The zero-order valence-electron chi connectivity index (χ0n) is 33.9. The average molecular weight is 924 g/mol. The largest absolute Gasteiger partial charge is 0.492 e. The van der Waals surface area contributed by atoms with Gasteiger partial charge < -0.3 is 19.9 Å². The smallest absolute Gasteiger partial charge is 0.418 e. The van der Waals surface area contributed by atoms with Crippen LogP contribution in [0.1, 0.15) is 38.8 Å². The number of halogens is 6. The third-order valence-corrected chi connectivity index (χ3v) is 12.4. The van der Waals surface area contributed by atoms with Crippen molar-refractivity contribution in [3.05, 3.63) is 144 Å². The van der Waals surface area contributed by atoms with Gasteiger partial charge >= 0.3 is 12.4 Å². The standard InChI is InChI=1S/C44H39F6N7O5S2/c1-2-62-36-22-31(25-51-27-36)32-26-53-57(28-32)35-21-30(20-33(23-35)43(45,46)47)42(59)56-17-15-55(16-18-56)34-10-8-29(9-11-34)41(58)54-64(60,61)38-12-13-40(39(24-38)44(48,49)50)52-14-19-63-37-6-4-3-5-7-37/h3-13,20-28,52H,2,14-19H2,1H3,(H,54,58). The number of ether oxygens (including phenoxy) is 1. The van der Waals surface area contributed by atoms with Crippen molar-refractivity contribution in [3.8, 4) is 22.6 Å². The number of sulfonamides is 1. The van der Waals surface area contributed by atoms with E-state index in [2.05, 4.69) is 15.4 Å². The summed E-state index contributed by atoms with van der Waals surface area (Å²) in [5.41, 5.74) is -0.997. The number of nitrogens with zero attached hydrogens (tertiary/aromatic N) is 5. The van der Waals surface area contributed by atoms with E-state index in [1.54, 1.807) is 12.3 Å². The Morgan fingerprint density at radius 3 is 2.20 bits per heavy atom. The Morgan fingerprint density at radius 2 is 1.52 bits per heavy atom. The zero-order chi connectivity index (χ0) is 45.6. The molecule has 1 aliphatic rings. The van der Waals surface area contributed by atoms with E-state index < -0.39 is 50.2 Å². The molecule has 1 fully saturated rings. The molecule has 2 amide bonds. The molecule has 0 saturated carbocycles. The van der Waals surface area contributed by atoms with Gasteiger partial charge in [-0.1, -0.05) is 18.2 Å². The minimum atomic E-state index is -4.90. The number of hydrogen-bond donors (Lipinski definition) is 2. The third-order valence-electron chi connectivity index (χ3n) is 10.0. The first-order valence-corrected chi connectivity index (χ1v) is 22.2. The highest BCUT2D eigenvalue weighted by atomic mass is 32.2. The molecule has 0 atom stereocenters. The van der Waals surface area contributed by atoms with E-state index in [0.717, 1.165) is 29.2 Å². The molecule has 1 saturated heterocycles. The molecular formula is C44H39F6N7O5S2. The minimum Gasteiger partial charge on any atom is -0.492 e. The summed E-state index contributed by atoms with van der Waals surface area (Å²) in [6.45, 7) is 3.22. The van der Waals surface area contributed by atoms with Gasteiger partial charge in [-0.3, -0.25) is 14.6 Å². The summed E-state index contributed by atoms with van der Waals surface area (Å²) in [6, 6.07) is 22.3. The molecule has 6 aromatic rings. The number of alkyl halides is 6. The van der Waals surface area contributed by atoms with Crippen LogP contribution in [0.5, 0.6) is 5.75 Å². The van der Waals surface area contributed by atoms with Crippen LogP contribution < -0.4 is 19.7 Å². The van der Waals surface area contributed by atoms with Crippen LogP contribution in [0.2, 0.25) is 0 Å². The highest BCUT2D eigenvalue weighted by molar-refractivity contribution is 7.99. The molecule has 334 valence electrons. The number of carbonyl (C=O) groups is 2. The Bertz CT molecular complexity index is 2730. The summed E-state index contributed by atoms with van der Waals surface area (Å²) in [7, 11) is -4.73. The predicted octanol–water partition coefficient (Wildman–Crippen LogP) is 8.66. The number of anilines is 2. The molecule has 2 N–H and O–H groups in total. The van der Waals surface area contributed by atoms with Crippen molar-refractivity contribution in [1.29, 1.82) is 0 Å². The van der Waals surface area contributed by atoms with Crippen molar-refractivity contribution in [2.75, 3.05) is 55.3 Å². The summed E-state index contributed by atoms with van der Waals surface area (Å²) >= 11 is 1.44. The molecule has 3 heterocycles. The number of thioether (sulfide) groups is 1. The average Bonchev–Trinajstić information content (AvgIpc) is 3.78. The van der Waals surface area contributed by atoms with Gasteiger partial charge in [0.2, 0.25) is 0 Å². The molecule has 0 spiro atoms. The Kier molecular flexibility index (Phi) is 13.5. The van der Waals surface area contributed by atoms with Gasteiger partial charge in [0.15, 0.2) is 0 Å². The second-order valence-corrected chi connectivity index (χ2v) is 17.2. The van der Waals surface area contributed by atoms with Gasteiger partial charge in [0.1, 0.15) is 5.75 Å². The molecule has 7 rings (SSSR count). The fourth-order valence-electron chi connectivity index (χ4n) is 6.83. The van der Waals surface area contributed by atoms with Gasteiger partial charge in [-0.25, -0.2) is 17.8 Å². The van der Waals surface area contributed by atoms with Crippen LogP contribution in [0.4, 0.5) is 37.7 Å². The maximum atomic E-state index is 14.1. The Balaban J connectivity index is 0.973. The van der Waals surface area contributed by atoms with Crippen LogP contribution in [-0.2, 0) is 22.4 Å². The van der Waals surface area contributed by atoms with Gasteiger partial charge in [0, 0.05) is 89.4 Å². The first kappa shape index (κ1) is 45.5. The van der Waals surface area contributed by atoms with Gasteiger partial charge in [0.25, 0.3) is 21.8 Å². The first-order chi connectivity index (χ1) is 30.5. The molecule has 0 radical (unpaired) electrons. The lowest BCUT2D eigenvalue weighted by atomic mass is 10.1. The molecule has 20 heteroatoms. The van der Waals surface area contributed by atoms with Crippen molar-refractivity contribution in [3.63, 3.8) is 0 Å². The molecule has 12 nitrogen and oxygen atoms in total. The lowest BCUT2D eigenvalue weighted by molar-refractivity contribution is -0.138. The molecule has 0 unspecified atom stereocenters. The fourth-order valence-corrected chi connectivity index (χ4v) is 8.62. The number of hydrogen-bond acceptors (Lipinski definition) is 10. The summed E-state index contributed by atoms with van der Waals surface area (Å²) in [6.07, 6.45) is -3.55. The first-order valence-electron chi connectivity index (χ1n) is 19.7. The molecule has 2 aromatic heterocycles. The molecular weight excluding hydrogens is 885 g/mol. The van der Waals surface area contributed by atoms with Crippen molar-refractivity contribution in [2.45, 2.75) is 29.1 Å². The lowest BCUT2D eigenvalue weighted by Crippen LogP contribution is -2.48. The summed E-state index contributed by atoms with van der Waals surface area (Å²) in [4.78, 5) is 34.4. The van der Waals surface area contributed by atoms with E-state index in [1.165, 1.54) is 70.3 Å². The Morgan fingerprint density at radius 1 is 0.781 bits per heavy atom. The third kappa shape index (κ3) is 11.0. The monoisotopic (exact) mass is 923 g/mol. The van der Waals surface area contributed by atoms with Gasteiger partial charge in [-0.15, -0.1) is 11.8 Å². The van der Waals surface area contributed by atoms with E-state index in [4.69, 9.17) is 4.74 Å². The number of pyridine rings is 1. The second kappa shape index (κ2) is 19.1. The molecule has 4 aromatic carbocycles. The Labute approximate surface area is 368 Å². The maximum Gasteiger partial charge on any atom is 0.418 e. The van der Waals surface area contributed by atoms with E-state index in [0.29, 0.717) is 41.0 Å². The fraction of sp³-hybridized carbons (Fsp3) is 0.227. The van der Waals surface area contributed by atoms with Crippen LogP contribution in [0.15, 0.2) is 132 Å². The number of piperazine rings is 1. The van der Waals surface area contributed by atoms with Crippen molar-refractivity contribution in [1.82, 2.24) is 24.4 Å². The zero-order valence-corrected chi connectivity index (χ0v) is 35.5. The number of amides is 2. The number of rotatable bonds is 14. The van der Waals surface area contributed by atoms with Crippen molar-refractivity contribution in [2.24, 2.45) is 0 Å². The van der Waals surface area contributed by atoms with Crippen molar-refractivity contribution < 1.29 is 49.1 Å². The summed E-state index contributed by atoms with van der Waals surface area (Å²) in [5.74, 6) is -0.736. The molecule has 0 aliphatic carbocycles. The SMILES string of the molecule is CCOc1cncc(-c2cnn(-c3cc(C(=O)N4CCN(c5ccc(C(=O)NS(=O)(=O)c6ccc(NCCSc7ccccc7)c(C(F)(F)F)c6)cc5)CC4)cc(C(F)(F)F)c3)c2)c1. The number of benzene rings is 4. The van der Waals surface area contributed by atoms with Gasteiger partial charge in [-0.05, 0) is 85.8 Å². The molecule has 1 aliphatic heterocycles. The highest BCUT2D eigenvalue weighted by Crippen LogP contribution is 2.37. The van der Waals surface area contributed by atoms with Crippen LogP contribution in [0.3, 0.4) is 0 Å². The molecule has 0 bridgehead atoms. The van der Waals surface area contributed by atoms with E-state index in [1.807, 2.05) is 46.9 Å². The molecule has 64 heavy (non-hydrogen) atoms. The normalized spacial score (nSPS) is 13.4. The van der Waals surface area contributed by atoms with Crippen molar-refractivity contribution >= 4 is 45.0 Å². The van der Waals surface area contributed by atoms with E-state index >= 15 is 0 Å². The lowest BCUT2D eigenvalue weighted by Gasteiger charge is -2.36. The maximum absolute atomic E-state index is 14.1. The quantitative estimate of drug-likeness (QED) is 0.0620. The summed E-state index contributed by atoms with van der Waals surface area (Å²) in [5, 5.41) is 6.97. The Hall–Kier alpha value is -6.54. The number of carbonyl (C=O) groups excluding carboxylic acids is 2. The predicted molar refractivity (Wildman–Crippen MR) is 229 cm³/mol. The van der Waals surface area contributed by atoms with Crippen LogP contribution in [-0.4, -0.2) is 85.0 Å². The highest BCUT2D eigenvalue weighted by Gasteiger charge is 2.36. The summed E-state index contributed by atoms with van der Waals surface area (Å²) < 4.78 is 119.